The second kappa shape index (κ2) is 7.71. The molecule has 0 amide bonds. The number of aromatic nitrogens is 2. The molecule has 0 bridgehead atoms. The van der Waals surface area contributed by atoms with Crippen molar-refractivity contribution in [2.45, 2.75) is 6.42 Å². The zero-order valence-electron chi connectivity index (χ0n) is 14.9. The van der Waals surface area contributed by atoms with E-state index >= 15 is 0 Å². The molecule has 5 heteroatoms. The first-order valence-corrected chi connectivity index (χ1v) is 9.22. The summed E-state index contributed by atoms with van der Waals surface area (Å²) in [5.41, 5.74) is 4.63. The Bertz CT molecular complexity index is 1120. The molecule has 0 aliphatic heterocycles. The third-order valence-corrected chi connectivity index (χ3v) is 4.69. The molecule has 4 aromatic rings. The van der Waals surface area contributed by atoms with E-state index in [1.807, 2.05) is 78.9 Å². The zero-order valence-corrected chi connectivity index (χ0v) is 15.7. The van der Waals surface area contributed by atoms with Crippen molar-refractivity contribution in [2.24, 2.45) is 0 Å². The lowest BCUT2D eigenvalue weighted by Crippen LogP contribution is -2.04. The molecule has 0 aliphatic carbocycles. The Kier molecular flexibility index (Phi) is 4.96. The van der Waals surface area contributed by atoms with Crippen LogP contribution in [0.15, 0.2) is 84.9 Å². The van der Waals surface area contributed by atoms with E-state index in [9.17, 15) is 9.90 Å². The largest absolute Gasteiger partial charge is 0.481 e. The quantitative estimate of drug-likeness (QED) is 0.492. The molecule has 138 valence electrons. The van der Waals surface area contributed by atoms with Crippen LogP contribution in [0.1, 0.15) is 5.56 Å². The van der Waals surface area contributed by atoms with Gasteiger partial charge in [0.15, 0.2) is 0 Å². The summed E-state index contributed by atoms with van der Waals surface area (Å²) in [6, 6.07) is 26.7. The van der Waals surface area contributed by atoms with Gasteiger partial charge in [0.2, 0.25) is 0 Å². The highest BCUT2D eigenvalue weighted by atomic mass is 35.5. The maximum Gasteiger partial charge on any atom is 0.307 e. The average molecular weight is 389 g/mol. The standard InChI is InChI=1S/C23H17ClN2O2/c24-18-12-7-13-19(14-18)26-23(17-10-5-2-6-11-17)20(15-21(27)28)22(25-26)16-8-3-1-4-9-16/h1-14H,15H2,(H,27,28). The van der Waals surface area contributed by atoms with Crippen LogP contribution < -0.4 is 0 Å². The zero-order chi connectivity index (χ0) is 19.5. The highest BCUT2D eigenvalue weighted by Crippen LogP contribution is 2.35. The second-order valence-corrected chi connectivity index (χ2v) is 6.81. The minimum Gasteiger partial charge on any atom is -0.481 e. The molecule has 0 saturated heterocycles. The van der Waals surface area contributed by atoms with E-state index in [2.05, 4.69) is 0 Å². The Balaban J connectivity index is 2.05. The Labute approximate surface area is 167 Å². The summed E-state index contributed by atoms with van der Waals surface area (Å²) in [6.45, 7) is 0. The predicted octanol–water partition coefficient (Wildman–Crippen LogP) is 5.49. The fourth-order valence-electron chi connectivity index (χ4n) is 3.28. The molecule has 0 fully saturated rings. The summed E-state index contributed by atoms with van der Waals surface area (Å²) in [6.07, 6.45) is -0.130. The molecule has 0 unspecified atom stereocenters. The van der Waals surface area contributed by atoms with Gasteiger partial charge in [0.1, 0.15) is 0 Å². The third kappa shape index (κ3) is 3.55. The van der Waals surface area contributed by atoms with Crippen LogP contribution in [0, 0.1) is 0 Å². The SMILES string of the molecule is O=C(O)Cc1c(-c2ccccc2)nn(-c2cccc(Cl)c2)c1-c1ccccc1. The average Bonchev–Trinajstić information content (AvgIpc) is 3.08. The Morgan fingerprint density at radius 3 is 2.14 bits per heavy atom. The van der Waals surface area contributed by atoms with Crippen molar-refractivity contribution in [1.29, 1.82) is 0 Å². The summed E-state index contributed by atoms with van der Waals surface area (Å²) in [5.74, 6) is -0.903. The molecule has 0 atom stereocenters. The van der Waals surface area contributed by atoms with E-state index in [0.29, 0.717) is 16.3 Å². The number of benzene rings is 3. The first-order chi connectivity index (χ1) is 13.6. The van der Waals surface area contributed by atoms with Crippen molar-refractivity contribution < 1.29 is 9.90 Å². The number of hydrogen-bond donors (Lipinski definition) is 1. The first kappa shape index (κ1) is 18.0. The second-order valence-electron chi connectivity index (χ2n) is 6.37. The van der Waals surface area contributed by atoms with Crippen LogP contribution in [0.5, 0.6) is 0 Å². The smallest absolute Gasteiger partial charge is 0.307 e. The Hall–Kier alpha value is -3.37. The maximum absolute atomic E-state index is 11.7. The normalized spacial score (nSPS) is 10.8. The van der Waals surface area contributed by atoms with Crippen LogP contribution in [-0.2, 0) is 11.2 Å². The number of nitrogens with zero attached hydrogens (tertiary/aromatic N) is 2. The van der Waals surface area contributed by atoms with E-state index in [1.165, 1.54) is 0 Å². The molecular formula is C23H17ClN2O2. The monoisotopic (exact) mass is 388 g/mol. The minimum atomic E-state index is -0.903. The summed E-state index contributed by atoms with van der Waals surface area (Å²) in [4.78, 5) is 11.7. The third-order valence-electron chi connectivity index (χ3n) is 4.46. The van der Waals surface area contributed by atoms with E-state index in [4.69, 9.17) is 16.7 Å². The van der Waals surface area contributed by atoms with Gasteiger partial charge < -0.3 is 5.11 Å². The minimum absolute atomic E-state index is 0.130. The number of hydrogen-bond acceptors (Lipinski definition) is 2. The molecule has 0 radical (unpaired) electrons. The Morgan fingerprint density at radius 2 is 1.54 bits per heavy atom. The number of aliphatic carboxylic acids is 1. The predicted molar refractivity (Wildman–Crippen MR) is 111 cm³/mol. The van der Waals surface area contributed by atoms with Crippen LogP contribution in [0.25, 0.3) is 28.2 Å². The van der Waals surface area contributed by atoms with Crippen molar-refractivity contribution in [2.75, 3.05) is 0 Å². The van der Waals surface area contributed by atoms with Crippen molar-refractivity contribution in [3.05, 3.63) is 95.5 Å². The summed E-state index contributed by atoms with van der Waals surface area (Å²) >= 11 is 6.21. The first-order valence-electron chi connectivity index (χ1n) is 8.84. The van der Waals surface area contributed by atoms with Crippen LogP contribution >= 0.6 is 11.6 Å². The number of halogens is 1. The number of carboxylic acid groups (broad SMARTS) is 1. The van der Waals surface area contributed by atoms with Gasteiger partial charge in [-0.2, -0.15) is 5.10 Å². The van der Waals surface area contributed by atoms with Crippen molar-refractivity contribution in [1.82, 2.24) is 9.78 Å². The van der Waals surface area contributed by atoms with Crippen molar-refractivity contribution in [3.8, 4) is 28.2 Å². The lowest BCUT2D eigenvalue weighted by molar-refractivity contribution is -0.136. The van der Waals surface area contributed by atoms with Gasteiger partial charge in [-0.25, -0.2) is 4.68 Å². The molecule has 4 nitrogen and oxygen atoms in total. The van der Waals surface area contributed by atoms with Crippen LogP contribution in [0.3, 0.4) is 0 Å². The maximum atomic E-state index is 11.7. The number of carboxylic acids is 1. The summed E-state index contributed by atoms with van der Waals surface area (Å²) < 4.78 is 1.78. The molecule has 0 aliphatic rings. The molecule has 3 aromatic carbocycles. The molecule has 28 heavy (non-hydrogen) atoms. The summed E-state index contributed by atoms with van der Waals surface area (Å²) in [7, 11) is 0. The fraction of sp³-hybridized carbons (Fsp3) is 0.0435. The van der Waals surface area contributed by atoms with Crippen LogP contribution in [0.2, 0.25) is 5.02 Å². The number of rotatable bonds is 5. The van der Waals surface area contributed by atoms with E-state index in [0.717, 1.165) is 22.5 Å². The molecule has 1 heterocycles. The van der Waals surface area contributed by atoms with Gasteiger partial charge in [0.25, 0.3) is 0 Å². The van der Waals surface area contributed by atoms with E-state index < -0.39 is 5.97 Å². The van der Waals surface area contributed by atoms with Gasteiger partial charge >= 0.3 is 5.97 Å². The van der Waals surface area contributed by atoms with Gasteiger partial charge in [-0.15, -0.1) is 0 Å². The molecule has 0 saturated carbocycles. The fourth-order valence-corrected chi connectivity index (χ4v) is 3.47. The highest BCUT2D eigenvalue weighted by Gasteiger charge is 2.23. The van der Waals surface area contributed by atoms with Crippen LogP contribution in [0.4, 0.5) is 0 Å². The molecule has 1 N–H and O–H groups in total. The molecule has 4 rings (SSSR count). The summed E-state index contributed by atoms with van der Waals surface area (Å²) in [5, 5.41) is 15.0. The van der Waals surface area contributed by atoms with Gasteiger partial charge in [-0.1, -0.05) is 78.3 Å². The van der Waals surface area contributed by atoms with Gasteiger partial charge in [-0.05, 0) is 18.2 Å². The molecular weight excluding hydrogens is 372 g/mol. The van der Waals surface area contributed by atoms with E-state index in [1.54, 1.807) is 10.7 Å². The molecule has 1 aromatic heterocycles. The Morgan fingerprint density at radius 1 is 0.893 bits per heavy atom. The highest BCUT2D eigenvalue weighted by molar-refractivity contribution is 6.30. The van der Waals surface area contributed by atoms with Crippen LogP contribution in [-0.4, -0.2) is 20.9 Å². The van der Waals surface area contributed by atoms with Crippen molar-refractivity contribution in [3.63, 3.8) is 0 Å². The number of carbonyl (C=O) groups is 1. The lowest BCUT2D eigenvalue weighted by Gasteiger charge is -2.10. The van der Waals surface area contributed by atoms with Gasteiger partial charge in [-0.3, -0.25) is 4.79 Å². The van der Waals surface area contributed by atoms with E-state index in [-0.39, 0.29) is 6.42 Å². The van der Waals surface area contributed by atoms with Gasteiger partial charge in [0, 0.05) is 21.7 Å². The molecule has 0 spiro atoms. The van der Waals surface area contributed by atoms with Gasteiger partial charge in [0.05, 0.1) is 23.5 Å². The van der Waals surface area contributed by atoms with Crippen molar-refractivity contribution >= 4 is 17.6 Å². The lowest BCUT2D eigenvalue weighted by atomic mass is 9.99. The topological polar surface area (TPSA) is 55.1 Å².